The Hall–Kier alpha value is -0.600. The number of hydrogen-bond donors (Lipinski definition) is 0. The van der Waals surface area contributed by atoms with Gasteiger partial charge in [-0.2, -0.15) is 0 Å². The minimum atomic E-state index is -0.0706. The smallest absolute Gasteiger partial charge is 0.167 e. The Morgan fingerprint density at radius 3 is 1.67 bits per heavy atom. The number of ether oxygens (including phenoxy) is 2. The van der Waals surface area contributed by atoms with E-state index in [2.05, 4.69) is 0 Å². The van der Waals surface area contributed by atoms with Crippen molar-refractivity contribution >= 4 is 0 Å². The Kier molecular flexibility index (Phi) is 3.58. The molecule has 0 fully saturated rings. The van der Waals surface area contributed by atoms with E-state index in [1.807, 2.05) is 0 Å². The molecule has 3 aliphatic rings. The van der Waals surface area contributed by atoms with Crippen LogP contribution in [0.3, 0.4) is 0 Å². The summed E-state index contributed by atoms with van der Waals surface area (Å²) in [7, 11) is 3.55. The Balaban J connectivity index is 1.99. The fourth-order valence-corrected chi connectivity index (χ4v) is 4.14. The van der Waals surface area contributed by atoms with Crippen LogP contribution in [0, 0.1) is 5.92 Å². The van der Waals surface area contributed by atoms with Crippen molar-refractivity contribution in [3.8, 4) is 0 Å². The molecule has 2 nitrogen and oxygen atoms in total. The van der Waals surface area contributed by atoms with Crippen molar-refractivity contribution < 1.29 is 9.47 Å². The summed E-state index contributed by atoms with van der Waals surface area (Å²) in [6.07, 6.45) is 10.5. The Morgan fingerprint density at radius 1 is 0.778 bits per heavy atom. The highest BCUT2D eigenvalue weighted by molar-refractivity contribution is 5.52. The van der Waals surface area contributed by atoms with Gasteiger partial charge in [-0.1, -0.05) is 11.1 Å². The Labute approximate surface area is 110 Å². The lowest BCUT2D eigenvalue weighted by Crippen LogP contribution is -2.27. The number of fused-ring (bicyclic) bond motifs is 1. The van der Waals surface area contributed by atoms with Crippen LogP contribution in [-0.4, -0.2) is 20.5 Å². The van der Waals surface area contributed by atoms with Gasteiger partial charge in [0.25, 0.3) is 0 Å². The molecule has 2 heteroatoms. The van der Waals surface area contributed by atoms with Crippen LogP contribution >= 0.6 is 0 Å². The monoisotopic (exact) mass is 248 g/mol. The zero-order chi connectivity index (χ0) is 12.5. The summed E-state index contributed by atoms with van der Waals surface area (Å²) in [5.41, 5.74) is 6.70. The van der Waals surface area contributed by atoms with E-state index in [9.17, 15) is 0 Å². The molecule has 0 unspecified atom stereocenters. The molecule has 0 aromatic heterocycles. The maximum absolute atomic E-state index is 5.59. The molecule has 0 spiro atoms. The van der Waals surface area contributed by atoms with Crippen LogP contribution in [-0.2, 0) is 9.47 Å². The van der Waals surface area contributed by atoms with Gasteiger partial charge >= 0.3 is 0 Å². The van der Waals surface area contributed by atoms with E-state index >= 15 is 0 Å². The normalized spacial score (nSPS) is 24.8. The summed E-state index contributed by atoms with van der Waals surface area (Å²) in [6.45, 7) is 0. The second-order valence-corrected chi connectivity index (χ2v) is 5.74. The molecule has 3 aliphatic carbocycles. The van der Waals surface area contributed by atoms with Gasteiger partial charge < -0.3 is 9.47 Å². The molecular weight excluding hydrogens is 224 g/mol. The Morgan fingerprint density at radius 2 is 1.22 bits per heavy atom. The molecule has 3 rings (SSSR count). The van der Waals surface area contributed by atoms with Crippen LogP contribution in [0.25, 0.3) is 0 Å². The number of methoxy groups -OCH3 is 2. The average Bonchev–Trinajstić information content (AvgIpc) is 2.76. The average molecular weight is 248 g/mol. The second-order valence-electron chi connectivity index (χ2n) is 5.74. The van der Waals surface area contributed by atoms with Crippen molar-refractivity contribution in [1.82, 2.24) is 0 Å². The Bertz CT molecular complexity index is 356. The second kappa shape index (κ2) is 5.18. The molecule has 18 heavy (non-hydrogen) atoms. The van der Waals surface area contributed by atoms with Crippen molar-refractivity contribution in [2.24, 2.45) is 5.92 Å². The summed E-state index contributed by atoms with van der Waals surface area (Å²) in [5.74, 6) is 0.436. The van der Waals surface area contributed by atoms with E-state index in [-0.39, 0.29) is 6.29 Å². The van der Waals surface area contributed by atoms with Gasteiger partial charge in [-0.3, -0.25) is 0 Å². The molecule has 0 aromatic rings. The lowest BCUT2D eigenvalue weighted by atomic mass is 9.85. The highest BCUT2D eigenvalue weighted by Gasteiger charge is 2.39. The summed E-state index contributed by atoms with van der Waals surface area (Å²) < 4.78 is 11.2. The van der Waals surface area contributed by atoms with Crippen molar-refractivity contribution in [3.05, 3.63) is 22.3 Å². The summed E-state index contributed by atoms with van der Waals surface area (Å²) in [6, 6.07) is 0. The van der Waals surface area contributed by atoms with Crippen LogP contribution in [0.4, 0.5) is 0 Å². The largest absolute Gasteiger partial charge is 0.355 e. The third-order valence-corrected chi connectivity index (χ3v) is 4.87. The minimum absolute atomic E-state index is 0.0706. The van der Waals surface area contributed by atoms with Gasteiger partial charge in [0.05, 0.1) is 5.92 Å². The van der Waals surface area contributed by atoms with Gasteiger partial charge in [0.2, 0.25) is 0 Å². The van der Waals surface area contributed by atoms with Crippen LogP contribution in [0.5, 0.6) is 0 Å². The van der Waals surface area contributed by atoms with Crippen LogP contribution in [0.1, 0.15) is 51.4 Å². The number of rotatable bonds is 3. The van der Waals surface area contributed by atoms with Gasteiger partial charge in [-0.25, -0.2) is 0 Å². The minimum Gasteiger partial charge on any atom is -0.355 e. The summed E-state index contributed by atoms with van der Waals surface area (Å²) >= 11 is 0. The topological polar surface area (TPSA) is 18.5 Å². The molecular formula is C16H24O2. The standard InChI is InChI=1S/C16H24O2/c1-17-16(18-2)15-13-9-5-3-7-11(13)12-8-4-6-10-14(12)15/h15-16H,3-10H2,1-2H3. The number of hydrogen-bond acceptors (Lipinski definition) is 2. The molecule has 0 bridgehead atoms. The van der Waals surface area contributed by atoms with Crippen LogP contribution in [0.15, 0.2) is 22.3 Å². The molecule has 0 aliphatic heterocycles. The van der Waals surface area contributed by atoms with E-state index in [0.29, 0.717) is 5.92 Å². The molecule has 100 valence electrons. The summed E-state index contributed by atoms with van der Waals surface area (Å²) in [5, 5.41) is 0. The third kappa shape index (κ3) is 1.86. The molecule has 0 heterocycles. The maximum atomic E-state index is 5.59. The first-order valence-electron chi connectivity index (χ1n) is 7.36. The fraction of sp³-hybridized carbons (Fsp3) is 0.750. The quantitative estimate of drug-likeness (QED) is 0.703. The van der Waals surface area contributed by atoms with Gasteiger partial charge in [0.15, 0.2) is 6.29 Å². The van der Waals surface area contributed by atoms with E-state index < -0.39 is 0 Å². The first-order valence-corrected chi connectivity index (χ1v) is 7.36. The first kappa shape index (κ1) is 12.4. The predicted molar refractivity (Wildman–Crippen MR) is 72.3 cm³/mol. The molecule has 0 saturated carbocycles. The van der Waals surface area contributed by atoms with Crippen molar-refractivity contribution in [2.75, 3.05) is 14.2 Å². The lowest BCUT2D eigenvalue weighted by molar-refractivity contribution is -0.121. The fourth-order valence-electron chi connectivity index (χ4n) is 4.14. The highest BCUT2D eigenvalue weighted by atomic mass is 16.7. The van der Waals surface area contributed by atoms with Crippen molar-refractivity contribution in [2.45, 2.75) is 57.7 Å². The van der Waals surface area contributed by atoms with E-state index in [1.54, 1.807) is 36.5 Å². The molecule has 0 aromatic carbocycles. The number of allylic oxidation sites excluding steroid dienone is 2. The molecule has 0 radical (unpaired) electrons. The van der Waals surface area contributed by atoms with Crippen molar-refractivity contribution in [1.29, 1.82) is 0 Å². The van der Waals surface area contributed by atoms with Crippen LogP contribution < -0.4 is 0 Å². The van der Waals surface area contributed by atoms with Gasteiger partial charge in [0.1, 0.15) is 0 Å². The van der Waals surface area contributed by atoms with E-state index in [4.69, 9.17) is 9.47 Å². The van der Waals surface area contributed by atoms with Gasteiger partial charge in [-0.15, -0.1) is 0 Å². The van der Waals surface area contributed by atoms with Gasteiger partial charge in [0, 0.05) is 14.2 Å². The molecule has 0 amide bonds. The SMILES string of the molecule is COC(OC)C1C2=C(CCCC2)C2=C1CCCC2. The van der Waals surface area contributed by atoms with E-state index in [1.165, 1.54) is 51.4 Å². The zero-order valence-electron chi connectivity index (χ0n) is 11.6. The van der Waals surface area contributed by atoms with Gasteiger partial charge in [-0.05, 0) is 62.5 Å². The van der Waals surface area contributed by atoms with Crippen LogP contribution in [0.2, 0.25) is 0 Å². The van der Waals surface area contributed by atoms with Crippen molar-refractivity contribution in [3.63, 3.8) is 0 Å². The summed E-state index contributed by atoms with van der Waals surface area (Å²) in [4.78, 5) is 0. The third-order valence-electron chi connectivity index (χ3n) is 4.87. The molecule has 0 atom stereocenters. The molecule has 0 saturated heterocycles. The predicted octanol–water partition coefficient (Wildman–Crippen LogP) is 3.98. The first-order chi connectivity index (χ1) is 8.86. The van der Waals surface area contributed by atoms with E-state index in [0.717, 1.165) is 0 Å². The lowest BCUT2D eigenvalue weighted by Gasteiger charge is -2.28. The maximum Gasteiger partial charge on any atom is 0.167 e. The highest BCUT2D eigenvalue weighted by Crippen LogP contribution is 2.51. The molecule has 0 N–H and O–H groups in total. The zero-order valence-corrected chi connectivity index (χ0v) is 11.6.